The molecule has 0 radical (unpaired) electrons. The molecular formula is C43H79N3O2. The summed E-state index contributed by atoms with van der Waals surface area (Å²) in [5.41, 5.74) is 14.5. The minimum absolute atomic E-state index is 0.00205. The van der Waals surface area contributed by atoms with Crippen LogP contribution in [0.4, 0.5) is 4.79 Å². The Labute approximate surface area is 297 Å². The van der Waals surface area contributed by atoms with Gasteiger partial charge in [0.2, 0.25) is 0 Å². The van der Waals surface area contributed by atoms with Crippen LogP contribution in [0, 0.1) is 46.3 Å². The second-order valence-corrected chi connectivity index (χ2v) is 19.8. The first kappa shape index (κ1) is 39.7. The van der Waals surface area contributed by atoms with E-state index in [-0.39, 0.29) is 28.7 Å². The largest absolute Gasteiger partial charge is 0.446 e. The van der Waals surface area contributed by atoms with Crippen molar-refractivity contribution in [3.8, 4) is 0 Å². The first-order chi connectivity index (χ1) is 22.4. The van der Waals surface area contributed by atoms with Crippen molar-refractivity contribution in [2.24, 2.45) is 57.8 Å². The predicted octanol–water partition coefficient (Wildman–Crippen LogP) is 11.0. The zero-order valence-corrected chi connectivity index (χ0v) is 33.2. The van der Waals surface area contributed by atoms with Crippen LogP contribution in [0.15, 0.2) is 11.6 Å². The molecule has 0 aromatic carbocycles. The monoisotopic (exact) mass is 670 g/mol. The van der Waals surface area contributed by atoms with E-state index < -0.39 is 0 Å². The van der Waals surface area contributed by atoms with E-state index in [1.807, 2.05) is 18.7 Å². The lowest BCUT2D eigenvalue weighted by atomic mass is 9.47. The highest BCUT2D eigenvalue weighted by Crippen LogP contribution is 2.67. The Kier molecular flexibility index (Phi) is 13.7. The summed E-state index contributed by atoms with van der Waals surface area (Å²) in [6.07, 6.45) is 24.3. The maximum Gasteiger partial charge on any atom is 0.410 e. The van der Waals surface area contributed by atoms with Crippen LogP contribution in [0.5, 0.6) is 0 Å². The summed E-state index contributed by atoms with van der Waals surface area (Å²) < 4.78 is 6.35. The molecule has 5 nitrogen and oxygen atoms in total. The molecule has 5 heteroatoms. The van der Waals surface area contributed by atoms with E-state index in [2.05, 4.69) is 54.5 Å². The number of hydrogen-bond donors (Lipinski definition) is 2. The first-order valence-corrected chi connectivity index (χ1v) is 20.7. The second-order valence-electron chi connectivity index (χ2n) is 19.8. The van der Waals surface area contributed by atoms with E-state index >= 15 is 0 Å². The molecule has 4 aliphatic rings. The van der Waals surface area contributed by atoms with Crippen molar-refractivity contribution >= 4 is 6.09 Å². The summed E-state index contributed by atoms with van der Waals surface area (Å²) in [5.74, 6) is 5.09. The highest BCUT2D eigenvalue weighted by atomic mass is 16.6. The number of amides is 1. The summed E-state index contributed by atoms with van der Waals surface area (Å²) in [4.78, 5) is 15.6. The van der Waals surface area contributed by atoms with Gasteiger partial charge in [0.15, 0.2) is 0 Å². The lowest BCUT2D eigenvalue weighted by Crippen LogP contribution is -2.51. The SMILES string of the molecule is CC(C)CCCC(C)C1CCC2C3CC=C4CC(OC(=O)N(CCCCCCCC(C)(C)N)CCC(C)(C)N)CCC4(C)C3CCC12C. The molecule has 3 fully saturated rings. The highest BCUT2D eigenvalue weighted by Gasteiger charge is 2.59. The predicted molar refractivity (Wildman–Crippen MR) is 204 cm³/mol. The molecule has 0 aromatic rings. The van der Waals surface area contributed by atoms with Crippen LogP contribution in [0.3, 0.4) is 0 Å². The molecule has 0 aliphatic heterocycles. The van der Waals surface area contributed by atoms with Crippen molar-refractivity contribution in [2.75, 3.05) is 13.1 Å². The molecule has 4 rings (SSSR count). The van der Waals surface area contributed by atoms with Crippen molar-refractivity contribution in [1.29, 1.82) is 0 Å². The van der Waals surface area contributed by atoms with Crippen LogP contribution in [0.1, 0.15) is 178 Å². The van der Waals surface area contributed by atoms with Gasteiger partial charge in [-0.15, -0.1) is 0 Å². The third kappa shape index (κ3) is 10.3. The molecule has 0 aromatic heterocycles. The molecule has 1 amide bonds. The number of carbonyl (C=O) groups is 1. The van der Waals surface area contributed by atoms with Gasteiger partial charge in [0.1, 0.15) is 6.10 Å². The fourth-order valence-corrected chi connectivity index (χ4v) is 11.1. The van der Waals surface area contributed by atoms with Gasteiger partial charge in [0.05, 0.1) is 0 Å². The first-order valence-electron chi connectivity index (χ1n) is 20.7. The summed E-state index contributed by atoms with van der Waals surface area (Å²) in [7, 11) is 0. The van der Waals surface area contributed by atoms with E-state index in [1.54, 1.807) is 5.57 Å². The maximum atomic E-state index is 13.6. The minimum atomic E-state index is -0.301. The van der Waals surface area contributed by atoms with Gasteiger partial charge in [-0.05, 0) is 138 Å². The highest BCUT2D eigenvalue weighted by molar-refractivity contribution is 5.68. The Balaban J connectivity index is 1.32. The minimum Gasteiger partial charge on any atom is -0.446 e. The van der Waals surface area contributed by atoms with Crippen LogP contribution < -0.4 is 11.5 Å². The summed E-state index contributed by atoms with van der Waals surface area (Å²) in [6, 6.07) is 0. The molecule has 48 heavy (non-hydrogen) atoms. The Hall–Kier alpha value is -1.07. The molecule has 3 saturated carbocycles. The molecule has 0 spiro atoms. The number of ether oxygens (including phenoxy) is 1. The normalized spacial score (nSPS) is 32.7. The zero-order valence-electron chi connectivity index (χ0n) is 33.2. The number of hydrogen-bond acceptors (Lipinski definition) is 4. The number of carbonyl (C=O) groups excluding carboxylic acids is 1. The average Bonchev–Trinajstić information content (AvgIpc) is 3.34. The molecule has 0 heterocycles. The van der Waals surface area contributed by atoms with E-state index in [1.165, 1.54) is 70.6 Å². The van der Waals surface area contributed by atoms with Gasteiger partial charge in [-0.1, -0.05) is 91.2 Å². The van der Waals surface area contributed by atoms with Crippen LogP contribution in [0.2, 0.25) is 0 Å². The van der Waals surface area contributed by atoms with Gasteiger partial charge in [0, 0.05) is 30.6 Å². The fourth-order valence-electron chi connectivity index (χ4n) is 11.1. The van der Waals surface area contributed by atoms with E-state index in [0.717, 1.165) is 87.0 Å². The lowest BCUT2D eigenvalue weighted by molar-refractivity contribution is -0.0594. The van der Waals surface area contributed by atoms with Gasteiger partial charge >= 0.3 is 6.09 Å². The Morgan fingerprint density at radius 3 is 2.23 bits per heavy atom. The molecule has 8 atom stereocenters. The van der Waals surface area contributed by atoms with Gasteiger partial charge in [-0.25, -0.2) is 4.79 Å². The Morgan fingerprint density at radius 2 is 1.54 bits per heavy atom. The Bertz CT molecular complexity index is 1060. The van der Waals surface area contributed by atoms with Gasteiger partial charge in [-0.2, -0.15) is 0 Å². The topological polar surface area (TPSA) is 81.6 Å². The average molecular weight is 670 g/mol. The molecule has 8 unspecified atom stereocenters. The number of fused-ring (bicyclic) bond motifs is 5. The van der Waals surface area contributed by atoms with Crippen LogP contribution >= 0.6 is 0 Å². The quantitative estimate of drug-likeness (QED) is 0.119. The number of nitrogens with two attached hydrogens (primary N) is 2. The van der Waals surface area contributed by atoms with Gasteiger partial charge < -0.3 is 21.1 Å². The third-order valence-corrected chi connectivity index (χ3v) is 14.1. The lowest BCUT2D eigenvalue weighted by Gasteiger charge is -2.58. The number of rotatable bonds is 17. The van der Waals surface area contributed by atoms with E-state index in [0.29, 0.717) is 12.0 Å². The Morgan fingerprint density at radius 1 is 0.854 bits per heavy atom. The van der Waals surface area contributed by atoms with Crippen LogP contribution in [-0.2, 0) is 4.74 Å². The van der Waals surface area contributed by atoms with Gasteiger partial charge in [-0.3, -0.25) is 0 Å². The summed E-state index contributed by atoms with van der Waals surface area (Å²) >= 11 is 0. The van der Waals surface area contributed by atoms with Gasteiger partial charge in [0.25, 0.3) is 0 Å². The number of unbranched alkanes of at least 4 members (excludes halogenated alkanes) is 4. The molecule has 4 N–H and O–H groups in total. The van der Waals surface area contributed by atoms with E-state index in [9.17, 15) is 4.79 Å². The van der Waals surface area contributed by atoms with Crippen LogP contribution in [-0.4, -0.2) is 41.3 Å². The van der Waals surface area contributed by atoms with Crippen LogP contribution in [0.25, 0.3) is 0 Å². The number of nitrogens with zero attached hydrogens (tertiary/aromatic N) is 1. The van der Waals surface area contributed by atoms with Crippen molar-refractivity contribution in [3.63, 3.8) is 0 Å². The third-order valence-electron chi connectivity index (χ3n) is 14.1. The zero-order chi connectivity index (χ0) is 35.3. The maximum absolute atomic E-state index is 13.6. The molecule has 278 valence electrons. The molecule has 0 saturated heterocycles. The van der Waals surface area contributed by atoms with Crippen molar-refractivity contribution in [3.05, 3.63) is 11.6 Å². The molecule has 4 aliphatic carbocycles. The van der Waals surface area contributed by atoms with Crippen molar-refractivity contribution in [2.45, 2.75) is 195 Å². The molecular weight excluding hydrogens is 590 g/mol. The number of allylic oxidation sites excluding steroid dienone is 1. The fraction of sp³-hybridized carbons (Fsp3) is 0.930. The van der Waals surface area contributed by atoms with Crippen molar-refractivity contribution < 1.29 is 9.53 Å². The standard InChI is InChI=1S/C43H79N3O2/c1-31(2)16-15-17-32(3)36-20-21-37-35-19-18-33-30-34(22-25-42(33,8)38(35)23-26-43(36,37)9)48-39(47)46(29-27-41(6,7)45)28-14-12-10-11-13-24-40(4,5)44/h18,31-32,34-38H,10-17,19-30,44-45H2,1-9H3. The summed E-state index contributed by atoms with van der Waals surface area (Å²) in [5, 5.41) is 0. The summed E-state index contributed by atoms with van der Waals surface area (Å²) in [6.45, 7) is 22.3. The smallest absolute Gasteiger partial charge is 0.410 e. The van der Waals surface area contributed by atoms with E-state index in [4.69, 9.17) is 16.2 Å². The van der Waals surface area contributed by atoms with Crippen molar-refractivity contribution in [1.82, 2.24) is 4.90 Å². The second kappa shape index (κ2) is 16.5. The molecule has 0 bridgehead atoms.